The second kappa shape index (κ2) is 29.5. The quantitative estimate of drug-likeness (QED) is 0.0288. The van der Waals surface area contributed by atoms with E-state index in [0.717, 1.165) is 96.3 Å². The molecule has 75 heavy (non-hydrogen) atoms. The highest BCUT2D eigenvalue weighted by Gasteiger charge is 2.28. The zero-order valence-corrected chi connectivity index (χ0v) is 46.2. The number of allylic oxidation sites excluding steroid dienone is 4. The minimum Gasteiger partial charge on any atom is -0.494 e. The number of thiazole rings is 2. The molecule has 13 nitrogen and oxygen atoms in total. The molecule has 4 aromatic carbocycles. The number of hydrogen-bond donors (Lipinski definition) is 4. The maximum absolute atomic E-state index is 13.5. The second-order valence-corrected chi connectivity index (χ2v) is 21.6. The topological polar surface area (TPSA) is 141 Å². The van der Waals surface area contributed by atoms with Crippen LogP contribution < -0.4 is 33.1 Å². The lowest BCUT2D eigenvalue weighted by atomic mass is 10.2. The van der Waals surface area contributed by atoms with Crippen LogP contribution >= 0.6 is 46.2 Å². The number of thioether (sulfide) groups is 2. The van der Waals surface area contributed by atoms with Crippen LogP contribution in [-0.4, -0.2) is 120 Å². The van der Waals surface area contributed by atoms with E-state index in [1.54, 1.807) is 46.2 Å². The Morgan fingerprint density at radius 3 is 1.55 bits per heavy atom. The SMILES string of the molecule is CC(/C=C1\Sc2ccc(C)cc2N1CCF)=C\c1sc2ccc(OCCOCCOCCO)cc2[n+]1CCO.CCCOc1ccc2c(c1)N(CCF)/C(=C/C(C)=C/c1sc3ccc(OCCO)cc3[n+]1CCO)S2. The van der Waals surface area contributed by atoms with Crippen LogP contribution in [0.15, 0.2) is 116 Å². The van der Waals surface area contributed by atoms with Gasteiger partial charge in [-0.1, -0.05) is 59.2 Å². The zero-order valence-electron chi connectivity index (χ0n) is 43.0. The average Bonchev–Trinajstić information content (AvgIpc) is 4.13. The minimum atomic E-state index is -0.451. The van der Waals surface area contributed by atoms with Gasteiger partial charge in [0.1, 0.15) is 66.4 Å². The second-order valence-electron chi connectivity index (χ2n) is 17.3. The van der Waals surface area contributed by atoms with Gasteiger partial charge < -0.3 is 53.9 Å². The average molecular weight is 1110 g/mol. The van der Waals surface area contributed by atoms with Crippen molar-refractivity contribution in [3.05, 3.63) is 122 Å². The Bertz CT molecular complexity index is 2960. The Morgan fingerprint density at radius 1 is 0.560 bits per heavy atom. The lowest BCUT2D eigenvalue weighted by molar-refractivity contribution is -0.670. The first kappa shape index (κ1) is 57.6. The number of benzene rings is 4. The molecule has 0 fully saturated rings. The van der Waals surface area contributed by atoms with Gasteiger partial charge in [0.15, 0.2) is 13.1 Å². The molecule has 2 aliphatic rings. The summed E-state index contributed by atoms with van der Waals surface area (Å²) < 4.78 is 61.2. The van der Waals surface area contributed by atoms with Crippen molar-refractivity contribution < 1.29 is 62.0 Å². The van der Waals surface area contributed by atoms with E-state index >= 15 is 0 Å². The fourth-order valence-electron chi connectivity index (χ4n) is 8.30. The third-order valence-corrected chi connectivity index (χ3v) is 16.0. The van der Waals surface area contributed by atoms with Crippen molar-refractivity contribution in [1.29, 1.82) is 0 Å². The predicted octanol–water partition coefficient (Wildman–Crippen LogP) is 9.89. The number of aliphatic hydroxyl groups is 4. The monoisotopic (exact) mass is 1110 g/mol. The van der Waals surface area contributed by atoms with Gasteiger partial charge in [0.25, 0.3) is 10.0 Å². The lowest BCUT2D eigenvalue weighted by Crippen LogP contribution is -2.36. The van der Waals surface area contributed by atoms with Gasteiger partial charge in [0.2, 0.25) is 11.0 Å². The van der Waals surface area contributed by atoms with Crippen LogP contribution in [0.25, 0.3) is 32.6 Å². The Morgan fingerprint density at radius 2 is 1.03 bits per heavy atom. The van der Waals surface area contributed by atoms with Gasteiger partial charge >= 0.3 is 0 Å². The highest BCUT2D eigenvalue weighted by molar-refractivity contribution is 8.04. The lowest BCUT2D eigenvalue weighted by Gasteiger charge is -2.19. The van der Waals surface area contributed by atoms with Crippen LogP contribution in [0.2, 0.25) is 0 Å². The summed E-state index contributed by atoms with van der Waals surface area (Å²) in [7, 11) is 0. The fourth-order valence-corrected chi connectivity index (χ4v) is 13.0. The van der Waals surface area contributed by atoms with E-state index in [1.807, 2.05) is 78.2 Å². The van der Waals surface area contributed by atoms with Crippen LogP contribution in [0, 0.1) is 6.92 Å². The van der Waals surface area contributed by atoms with Crippen LogP contribution in [0.3, 0.4) is 0 Å². The number of aryl methyl sites for hydroxylation is 1. The number of anilines is 2. The third kappa shape index (κ3) is 15.6. The van der Waals surface area contributed by atoms with Crippen molar-refractivity contribution in [2.24, 2.45) is 0 Å². The van der Waals surface area contributed by atoms with Gasteiger partial charge in [-0.3, -0.25) is 0 Å². The molecular formula is C56H68F2N4O9S4+2. The smallest absolute Gasteiger partial charge is 0.263 e. The van der Waals surface area contributed by atoms with E-state index in [2.05, 4.69) is 65.5 Å². The highest BCUT2D eigenvalue weighted by Crippen LogP contribution is 2.48. The molecule has 0 atom stereocenters. The van der Waals surface area contributed by atoms with Crippen molar-refractivity contribution in [2.45, 2.75) is 57.0 Å². The van der Waals surface area contributed by atoms with Crippen LogP contribution in [0.4, 0.5) is 20.2 Å². The van der Waals surface area contributed by atoms with Gasteiger partial charge in [-0.15, -0.1) is 0 Å². The molecule has 4 heterocycles. The Balaban J connectivity index is 0.000000219. The maximum atomic E-state index is 13.5. The molecule has 8 rings (SSSR count). The summed E-state index contributed by atoms with van der Waals surface area (Å²) in [5.74, 6) is 2.21. The Kier molecular flexibility index (Phi) is 22.6. The minimum absolute atomic E-state index is 0.00589. The van der Waals surface area contributed by atoms with Gasteiger partial charge in [-0.25, -0.2) is 8.78 Å². The summed E-state index contributed by atoms with van der Waals surface area (Å²) in [6.45, 7) is 11.8. The standard InChI is InChI=1S/C29H36FN2O5S2.C27H32FN2O4S2/c1-21-3-5-26-24(17-21)31(8-7-30)28(38-26)18-22(2)19-29-32(9-10-33)25-20-23(4-6-27(25)39-29)37-16-15-36-14-13-35-12-11-34;1-3-13-33-20-4-6-24-22(17-20)29(9-8-28)26(35-24)15-19(2)16-27-30(10-11-31)23-18-21(34-14-12-32)5-7-25(23)36-27/h3-6,17-20,33-34H,7-16H2,1-2H3;4-7,15-18,31-32H,3,8-14H2,1-2H3/q2*+1. The van der Waals surface area contributed by atoms with Crippen molar-refractivity contribution in [3.8, 4) is 17.2 Å². The number of halogens is 2. The molecule has 402 valence electrons. The molecule has 4 N–H and O–H groups in total. The first-order valence-electron chi connectivity index (χ1n) is 25.1. The van der Waals surface area contributed by atoms with Crippen LogP contribution in [-0.2, 0) is 22.6 Å². The molecular weight excluding hydrogens is 1040 g/mol. The molecule has 0 amide bonds. The third-order valence-electron chi connectivity index (χ3n) is 11.6. The van der Waals surface area contributed by atoms with Crippen LogP contribution in [0.1, 0.15) is 42.8 Å². The van der Waals surface area contributed by atoms with E-state index in [4.69, 9.17) is 33.9 Å². The number of aliphatic hydroxyl groups excluding tert-OH is 4. The summed E-state index contributed by atoms with van der Waals surface area (Å²) in [6, 6.07) is 24.1. The molecule has 0 aliphatic carbocycles. The summed E-state index contributed by atoms with van der Waals surface area (Å²) in [6.07, 6.45) is 9.32. The molecule has 0 saturated carbocycles. The van der Waals surface area contributed by atoms with E-state index in [1.165, 1.54) is 0 Å². The predicted molar refractivity (Wildman–Crippen MR) is 300 cm³/mol. The van der Waals surface area contributed by atoms with E-state index in [9.17, 15) is 19.0 Å². The highest BCUT2D eigenvalue weighted by atomic mass is 32.2. The first-order valence-corrected chi connectivity index (χ1v) is 28.4. The summed E-state index contributed by atoms with van der Waals surface area (Å²) in [5, 5.41) is 41.2. The van der Waals surface area contributed by atoms with Gasteiger partial charge in [-0.05, 0) is 105 Å². The molecule has 0 radical (unpaired) electrons. The summed E-state index contributed by atoms with van der Waals surface area (Å²) in [5.41, 5.74) is 7.21. The van der Waals surface area contributed by atoms with Gasteiger partial charge in [0, 0.05) is 28.0 Å². The normalized spacial score (nSPS) is 14.6. The van der Waals surface area contributed by atoms with Crippen molar-refractivity contribution in [2.75, 3.05) is 109 Å². The number of rotatable bonds is 27. The van der Waals surface area contributed by atoms with E-state index in [0.29, 0.717) is 65.0 Å². The largest absolute Gasteiger partial charge is 0.494 e. The molecule has 6 aromatic rings. The zero-order chi connectivity index (χ0) is 53.1. The molecule has 2 aliphatic heterocycles. The Labute approximate surface area is 454 Å². The van der Waals surface area contributed by atoms with Gasteiger partial charge in [-0.2, -0.15) is 9.13 Å². The van der Waals surface area contributed by atoms with Gasteiger partial charge in [0.05, 0.1) is 92.9 Å². The van der Waals surface area contributed by atoms with Crippen molar-refractivity contribution in [1.82, 2.24) is 0 Å². The van der Waals surface area contributed by atoms with Crippen molar-refractivity contribution >= 4 is 90.2 Å². The summed E-state index contributed by atoms with van der Waals surface area (Å²) >= 11 is 6.58. The van der Waals surface area contributed by atoms with Crippen molar-refractivity contribution in [3.63, 3.8) is 0 Å². The number of ether oxygens (including phenoxy) is 5. The number of alkyl halides is 2. The molecule has 0 unspecified atom stereocenters. The molecule has 19 heteroatoms. The first-order chi connectivity index (χ1) is 36.6. The Hall–Kier alpha value is -5.06. The number of hydrogen-bond acceptors (Lipinski definition) is 15. The molecule has 2 aromatic heterocycles. The number of fused-ring (bicyclic) bond motifs is 4. The maximum Gasteiger partial charge on any atom is 0.263 e. The molecule has 0 saturated heterocycles. The van der Waals surface area contributed by atoms with E-state index < -0.39 is 13.3 Å². The number of aromatic nitrogens is 2. The number of nitrogens with zero attached hydrogens (tertiary/aromatic N) is 4. The molecule has 0 spiro atoms. The van der Waals surface area contributed by atoms with Crippen LogP contribution in [0.5, 0.6) is 17.2 Å². The van der Waals surface area contributed by atoms with E-state index in [-0.39, 0.29) is 39.6 Å². The molecule has 0 bridgehead atoms. The summed E-state index contributed by atoms with van der Waals surface area (Å²) in [4.78, 5) is 6.28. The fraction of sp³-hybridized carbons (Fsp3) is 0.393.